The number of aromatic nitrogens is 2. The lowest BCUT2D eigenvalue weighted by Gasteiger charge is -2.17. The van der Waals surface area contributed by atoms with Gasteiger partial charge in [0.2, 0.25) is 11.6 Å². The second-order valence-electron chi connectivity index (χ2n) is 6.77. The van der Waals surface area contributed by atoms with Crippen LogP contribution in [0.1, 0.15) is 36.5 Å². The molecule has 9 nitrogen and oxygen atoms in total. The second-order valence-corrected chi connectivity index (χ2v) is 6.77. The summed E-state index contributed by atoms with van der Waals surface area (Å²) < 4.78 is 10.2. The molecule has 0 saturated carbocycles. The fourth-order valence-corrected chi connectivity index (χ4v) is 3.15. The molecule has 0 saturated heterocycles. The number of fused-ring (bicyclic) bond motifs is 1. The molecule has 1 atom stereocenters. The Balaban J connectivity index is 1.93. The van der Waals surface area contributed by atoms with Crippen LogP contribution >= 0.6 is 0 Å². The maximum Gasteiger partial charge on any atom is 0.376 e. The maximum absolute atomic E-state index is 13.0. The van der Waals surface area contributed by atoms with Gasteiger partial charge >= 0.3 is 5.97 Å². The van der Waals surface area contributed by atoms with E-state index in [9.17, 15) is 9.59 Å². The van der Waals surface area contributed by atoms with Gasteiger partial charge in [-0.2, -0.15) is 0 Å². The third-order valence-electron chi connectivity index (χ3n) is 4.63. The Morgan fingerprint density at radius 2 is 1.94 bits per heavy atom. The molecule has 9 heteroatoms. The number of esters is 1. The number of aliphatic imine (C=N–C) groups is 1. The number of nitrogens with one attached hydrogen (secondary N) is 1. The molecular formula is C22H25N5O4. The topological polar surface area (TPSA) is 129 Å². The number of ketones is 1. The zero-order chi connectivity index (χ0) is 22.4. The first-order valence-corrected chi connectivity index (χ1v) is 9.94. The number of hydrogen-bond donors (Lipinski definition) is 2. The van der Waals surface area contributed by atoms with Crippen LogP contribution in [0.5, 0.6) is 0 Å². The van der Waals surface area contributed by atoms with Gasteiger partial charge in [-0.05, 0) is 31.2 Å². The van der Waals surface area contributed by atoms with Crippen molar-refractivity contribution in [2.45, 2.75) is 26.5 Å². The van der Waals surface area contributed by atoms with Gasteiger partial charge in [0, 0.05) is 42.1 Å². The van der Waals surface area contributed by atoms with Crippen LogP contribution in [0.15, 0.2) is 41.2 Å². The highest BCUT2D eigenvalue weighted by Crippen LogP contribution is 2.31. The number of carbonyl (C=O) groups excluding carboxylic acids is 2. The van der Waals surface area contributed by atoms with Crippen molar-refractivity contribution >= 4 is 29.4 Å². The Morgan fingerprint density at radius 3 is 2.58 bits per heavy atom. The molecule has 162 valence electrons. The predicted octanol–water partition coefficient (Wildman–Crippen LogP) is 2.25. The van der Waals surface area contributed by atoms with Crippen molar-refractivity contribution in [3.63, 3.8) is 0 Å². The summed E-state index contributed by atoms with van der Waals surface area (Å²) in [5.74, 6) is -0.444. The summed E-state index contributed by atoms with van der Waals surface area (Å²) >= 11 is 0. The van der Waals surface area contributed by atoms with Gasteiger partial charge in [-0.1, -0.05) is 19.1 Å². The Labute approximate surface area is 180 Å². The highest BCUT2D eigenvalue weighted by molar-refractivity contribution is 6.08. The molecule has 0 fully saturated rings. The molecular weight excluding hydrogens is 398 g/mol. The van der Waals surface area contributed by atoms with Crippen LogP contribution in [0, 0.1) is 0 Å². The monoisotopic (exact) mass is 423 g/mol. The highest BCUT2D eigenvalue weighted by Gasteiger charge is 2.24. The minimum Gasteiger partial charge on any atom is -0.463 e. The van der Waals surface area contributed by atoms with E-state index < -0.39 is 12.2 Å². The van der Waals surface area contributed by atoms with Gasteiger partial charge in [0.05, 0.1) is 12.8 Å². The smallest absolute Gasteiger partial charge is 0.376 e. The number of rotatable bonds is 8. The van der Waals surface area contributed by atoms with Crippen molar-refractivity contribution in [2.75, 3.05) is 20.3 Å². The van der Waals surface area contributed by atoms with Gasteiger partial charge < -0.3 is 15.2 Å². The van der Waals surface area contributed by atoms with Crippen LogP contribution in [-0.2, 0) is 14.3 Å². The van der Waals surface area contributed by atoms with Gasteiger partial charge in [0.15, 0.2) is 6.23 Å². The summed E-state index contributed by atoms with van der Waals surface area (Å²) in [6.45, 7) is 4.77. The minimum atomic E-state index is -0.722. The number of amidine groups is 1. The second kappa shape index (κ2) is 10.1. The van der Waals surface area contributed by atoms with E-state index in [-0.39, 0.29) is 18.0 Å². The fourth-order valence-electron chi connectivity index (χ4n) is 3.15. The number of benzene rings is 1. The molecule has 1 aliphatic rings. The molecule has 0 amide bonds. The van der Waals surface area contributed by atoms with E-state index in [4.69, 9.17) is 10.5 Å². The summed E-state index contributed by atoms with van der Waals surface area (Å²) in [6, 6.07) is 5.57. The largest absolute Gasteiger partial charge is 0.463 e. The molecule has 1 aromatic heterocycles. The van der Waals surface area contributed by atoms with Crippen molar-refractivity contribution in [3.05, 3.63) is 47.6 Å². The van der Waals surface area contributed by atoms with Crippen LogP contribution < -0.4 is 11.1 Å². The quantitative estimate of drug-likeness (QED) is 0.489. The van der Waals surface area contributed by atoms with Crippen molar-refractivity contribution in [1.29, 1.82) is 0 Å². The lowest BCUT2D eigenvalue weighted by Crippen LogP contribution is -2.40. The molecule has 1 aliphatic heterocycles. The first kappa shape index (κ1) is 22.3. The molecule has 2 aromatic rings. The average molecular weight is 423 g/mol. The Hall–Kier alpha value is -3.43. The van der Waals surface area contributed by atoms with Crippen LogP contribution in [0.4, 0.5) is 5.69 Å². The van der Waals surface area contributed by atoms with Crippen LogP contribution in [0.3, 0.4) is 0 Å². The SMILES string of the molecule is CCNC(OCC)C(=O)C1=Cc2ccc(-c3cnc(C(=O)OC)nc3)cc2N=C(N)C1. The maximum atomic E-state index is 13.0. The van der Waals surface area contributed by atoms with Crippen molar-refractivity contribution in [2.24, 2.45) is 10.7 Å². The van der Waals surface area contributed by atoms with Gasteiger partial charge in [-0.3, -0.25) is 10.1 Å². The molecule has 0 aliphatic carbocycles. The van der Waals surface area contributed by atoms with Gasteiger partial charge in [-0.25, -0.2) is 19.8 Å². The van der Waals surface area contributed by atoms with E-state index in [1.807, 2.05) is 32.0 Å². The van der Waals surface area contributed by atoms with Crippen LogP contribution in [-0.4, -0.2) is 54.0 Å². The molecule has 3 N–H and O–H groups in total. The van der Waals surface area contributed by atoms with Gasteiger partial charge in [-0.15, -0.1) is 0 Å². The average Bonchev–Trinajstić information content (AvgIpc) is 2.95. The molecule has 31 heavy (non-hydrogen) atoms. The molecule has 0 spiro atoms. The Bertz CT molecular complexity index is 1020. The van der Waals surface area contributed by atoms with Gasteiger partial charge in [0.25, 0.3) is 0 Å². The summed E-state index contributed by atoms with van der Waals surface area (Å²) in [6.07, 6.45) is 4.39. The summed E-state index contributed by atoms with van der Waals surface area (Å²) in [7, 11) is 1.27. The summed E-state index contributed by atoms with van der Waals surface area (Å²) in [5.41, 5.74) is 9.54. The number of nitrogens with two attached hydrogens (primary N) is 1. The van der Waals surface area contributed by atoms with E-state index in [0.29, 0.717) is 35.8 Å². The number of Topliss-reactive ketones (excluding diaryl/α,β-unsaturated/α-hetero) is 1. The first-order chi connectivity index (χ1) is 15.0. The van der Waals surface area contributed by atoms with E-state index in [0.717, 1.165) is 11.1 Å². The first-order valence-electron chi connectivity index (χ1n) is 9.94. The molecule has 0 radical (unpaired) electrons. The van der Waals surface area contributed by atoms with Crippen LogP contribution in [0.2, 0.25) is 0 Å². The molecule has 0 bridgehead atoms. The normalized spacial score (nSPS) is 14.0. The lowest BCUT2D eigenvalue weighted by atomic mass is 10.0. The molecule has 1 aromatic carbocycles. The third-order valence-corrected chi connectivity index (χ3v) is 4.63. The highest BCUT2D eigenvalue weighted by atomic mass is 16.5. The zero-order valence-corrected chi connectivity index (χ0v) is 17.7. The van der Waals surface area contributed by atoms with E-state index in [2.05, 4.69) is 25.0 Å². The summed E-state index contributed by atoms with van der Waals surface area (Å²) in [4.78, 5) is 37.0. The van der Waals surface area contributed by atoms with Gasteiger partial charge in [0.1, 0.15) is 5.84 Å². The number of carbonyl (C=O) groups is 2. The lowest BCUT2D eigenvalue weighted by molar-refractivity contribution is -0.128. The number of likely N-dealkylation sites (N-methyl/N-ethyl adjacent to an activating group) is 1. The Kier molecular flexibility index (Phi) is 7.22. The van der Waals surface area contributed by atoms with Crippen molar-refractivity contribution in [1.82, 2.24) is 15.3 Å². The van der Waals surface area contributed by atoms with Crippen molar-refractivity contribution in [3.8, 4) is 11.1 Å². The Morgan fingerprint density at radius 1 is 1.19 bits per heavy atom. The predicted molar refractivity (Wildman–Crippen MR) is 117 cm³/mol. The zero-order valence-electron chi connectivity index (χ0n) is 17.7. The fraction of sp³-hybridized carbons (Fsp3) is 0.318. The van der Waals surface area contributed by atoms with E-state index in [1.165, 1.54) is 7.11 Å². The standard InChI is InChI=1S/C22H25N5O4/c1-4-24-21(31-5-2)19(28)15-8-14-7-6-13(9-17(14)27-18(23)10-15)16-11-25-20(26-12-16)22(29)30-3/h6-9,11-12,21,24H,4-5,10H2,1-3H3,(H2,23,27). The van der Waals surface area contributed by atoms with Crippen molar-refractivity contribution < 1.29 is 19.1 Å². The number of methoxy groups -OCH3 is 1. The van der Waals surface area contributed by atoms with E-state index >= 15 is 0 Å². The number of hydrogen-bond acceptors (Lipinski definition) is 9. The number of ether oxygens (including phenoxy) is 2. The molecule has 3 rings (SSSR count). The third kappa shape index (κ3) is 5.19. The number of nitrogens with zero attached hydrogens (tertiary/aromatic N) is 3. The van der Waals surface area contributed by atoms with Crippen LogP contribution in [0.25, 0.3) is 17.2 Å². The molecule has 2 heterocycles. The summed E-state index contributed by atoms with van der Waals surface area (Å²) in [5, 5.41) is 3.05. The van der Waals surface area contributed by atoms with E-state index in [1.54, 1.807) is 18.5 Å². The molecule has 1 unspecified atom stereocenters. The minimum absolute atomic E-state index is 0.0149.